The topological polar surface area (TPSA) is 70.7 Å². The van der Waals surface area contributed by atoms with Gasteiger partial charge in [-0.05, 0) is 55.5 Å². The first-order valence-corrected chi connectivity index (χ1v) is 8.89. The summed E-state index contributed by atoms with van der Waals surface area (Å²) < 4.78 is 18.3. The summed E-state index contributed by atoms with van der Waals surface area (Å²) in [5, 5.41) is 5.40. The van der Waals surface area contributed by atoms with Crippen LogP contribution in [0.1, 0.15) is 13.3 Å². The Morgan fingerprint density at radius 3 is 2.56 bits per heavy atom. The van der Waals surface area contributed by atoms with Crippen molar-refractivity contribution in [2.24, 2.45) is 5.92 Å². The largest absolute Gasteiger partial charge is 0.494 e. The zero-order valence-electron chi connectivity index (χ0n) is 15.1. The number of benzene rings is 2. The lowest BCUT2D eigenvalue weighted by molar-refractivity contribution is -0.117. The van der Waals surface area contributed by atoms with Gasteiger partial charge in [-0.15, -0.1) is 0 Å². The number of nitrogens with zero attached hydrogens (tertiary/aromatic N) is 1. The molecule has 1 unspecified atom stereocenters. The number of nitrogens with one attached hydrogen (secondary N) is 2. The first kappa shape index (κ1) is 18.7. The van der Waals surface area contributed by atoms with Crippen LogP contribution in [0.15, 0.2) is 48.5 Å². The molecule has 2 aromatic carbocycles. The lowest BCUT2D eigenvalue weighted by atomic mass is 10.1. The first-order valence-electron chi connectivity index (χ1n) is 8.89. The highest BCUT2D eigenvalue weighted by molar-refractivity contribution is 5.96. The molecule has 0 radical (unpaired) electrons. The quantitative estimate of drug-likeness (QED) is 0.818. The average molecular weight is 371 g/mol. The molecule has 27 heavy (non-hydrogen) atoms. The summed E-state index contributed by atoms with van der Waals surface area (Å²) in [6.45, 7) is 3.44. The summed E-state index contributed by atoms with van der Waals surface area (Å²) in [6, 6.07) is 12.6. The number of anilines is 2. The van der Waals surface area contributed by atoms with E-state index in [0.717, 1.165) is 11.4 Å². The number of carbonyl (C=O) groups is 2. The maximum Gasteiger partial charge on any atom is 0.319 e. The van der Waals surface area contributed by atoms with Crippen LogP contribution in [0.2, 0.25) is 0 Å². The second kappa shape index (κ2) is 8.53. The summed E-state index contributed by atoms with van der Waals surface area (Å²) in [6.07, 6.45) is 0.379. The number of carbonyl (C=O) groups excluding carboxylic acids is 2. The van der Waals surface area contributed by atoms with Crippen molar-refractivity contribution in [1.29, 1.82) is 0 Å². The highest BCUT2D eigenvalue weighted by atomic mass is 19.1. The number of urea groups is 1. The van der Waals surface area contributed by atoms with E-state index in [4.69, 9.17) is 4.74 Å². The molecule has 0 aliphatic carbocycles. The molecule has 7 heteroatoms. The van der Waals surface area contributed by atoms with Crippen molar-refractivity contribution in [3.8, 4) is 5.75 Å². The van der Waals surface area contributed by atoms with Crippen LogP contribution in [0.5, 0.6) is 5.75 Å². The molecule has 1 aliphatic heterocycles. The predicted octanol–water partition coefficient (Wildman–Crippen LogP) is 3.40. The van der Waals surface area contributed by atoms with Gasteiger partial charge in [0, 0.05) is 36.8 Å². The Labute approximate surface area is 157 Å². The maximum absolute atomic E-state index is 12.9. The first-order chi connectivity index (χ1) is 13.0. The minimum Gasteiger partial charge on any atom is -0.494 e. The number of hydrogen-bond acceptors (Lipinski definition) is 3. The molecular weight excluding hydrogens is 349 g/mol. The zero-order valence-corrected chi connectivity index (χ0v) is 15.1. The van der Waals surface area contributed by atoms with E-state index in [2.05, 4.69) is 10.6 Å². The molecule has 1 heterocycles. The van der Waals surface area contributed by atoms with E-state index in [1.807, 2.05) is 31.2 Å². The van der Waals surface area contributed by atoms with Gasteiger partial charge in [0.1, 0.15) is 11.6 Å². The summed E-state index contributed by atoms with van der Waals surface area (Å²) in [7, 11) is 0. The number of rotatable bonds is 6. The molecule has 142 valence electrons. The van der Waals surface area contributed by atoms with Crippen LogP contribution in [0.4, 0.5) is 20.6 Å². The molecule has 1 saturated heterocycles. The van der Waals surface area contributed by atoms with Gasteiger partial charge < -0.3 is 20.3 Å². The third-order valence-corrected chi connectivity index (χ3v) is 4.32. The van der Waals surface area contributed by atoms with Crippen LogP contribution in [-0.4, -0.2) is 31.6 Å². The molecular formula is C20H22FN3O3. The second-order valence-corrected chi connectivity index (χ2v) is 6.34. The number of amides is 3. The summed E-state index contributed by atoms with van der Waals surface area (Å²) in [5.74, 6) is 0.469. The molecule has 1 fully saturated rings. The lowest BCUT2D eigenvalue weighted by Gasteiger charge is -2.17. The molecule has 1 atom stereocenters. The van der Waals surface area contributed by atoms with Crippen molar-refractivity contribution in [3.05, 3.63) is 54.3 Å². The van der Waals surface area contributed by atoms with Gasteiger partial charge in [-0.1, -0.05) is 0 Å². The summed E-state index contributed by atoms with van der Waals surface area (Å²) in [5.41, 5.74) is 1.33. The summed E-state index contributed by atoms with van der Waals surface area (Å²) in [4.78, 5) is 26.0. The van der Waals surface area contributed by atoms with Crippen molar-refractivity contribution in [3.63, 3.8) is 0 Å². The van der Waals surface area contributed by atoms with Crippen molar-refractivity contribution >= 4 is 23.3 Å². The average Bonchev–Trinajstić information content (AvgIpc) is 3.04. The third kappa shape index (κ3) is 4.97. The van der Waals surface area contributed by atoms with Crippen LogP contribution < -0.4 is 20.3 Å². The van der Waals surface area contributed by atoms with Crippen LogP contribution in [0.25, 0.3) is 0 Å². The second-order valence-electron chi connectivity index (χ2n) is 6.34. The van der Waals surface area contributed by atoms with E-state index < -0.39 is 0 Å². The smallest absolute Gasteiger partial charge is 0.319 e. The number of ether oxygens (including phenoxy) is 1. The van der Waals surface area contributed by atoms with Gasteiger partial charge >= 0.3 is 6.03 Å². The highest BCUT2D eigenvalue weighted by Crippen LogP contribution is 2.26. The fraction of sp³-hybridized carbons (Fsp3) is 0.300. The highest BCUT2D eigenvalue weighted by Gasteiger charge is 2.30. The van der Waals surface area contributed by atoms with Gasteiger partial charge in [0.15, 0.2) is 0 Å². The van der Waals surface area contributed by atoms with Crippen LogP contribution in [-0.2, 0) is 4.79 Å². The number of hydrogen-bond donors (Lipinski definition) is 2. The van der Waals surface area contributed by atoms with Crippen molar-refractivity contribution < 1.29 is 18.7 Å². The molecule has 0 bridgehead atoms. The van der Waals surface area contributed by atoms with Crippen LogP contribution in [0.3, 0.4) is 0 Å². The van der Waals surface area contributed by atoms with E-state index >= 15 is 0 Å². The van der Waals surface area contributed by atoms with E-state index in [1.54, 1.807) is 4.90 Å². The zero-order chi connectivity index (χ0) is 19.2. The molecule has 0 aromatic heterocycles. The minimum atomic E-state index is -0.381. The molecule has 0 spiro atoms. The Morgan fingerprint density at radius 2 is 1.89 bits per heavy atom. The van der Waals surface area contributed by atoms with Crippen LogP contribution in [0, 0.1) is 11.7 Å². The predicted molar refractivity (Wildman–Crippen MR) is 101 cm³/mol. The Morgan fingerprint density at radius 1 is 1.19 bits per heavy atom. The van der Waals surface area contributed by atoms with Gasteiger partial charge in [-0.2, -0.15) is 0 Å². The lowest BCUT2D eigenvalue weighted by Crippen LogP contribution is -2.34. The molecule has 6 nitrogen and oxygen atoms in total. The van der Waals surface area contributed by atoms with E-state index in [-0.39, 0.29) is 23.7 Å². The minimum absolute atomic E-state index is 0.0306. The van der Waals surface area contributed by atoms with Gasteiger partial charge in [0.2, 0.25) is 5.91 Å². The molecule has 2 aromatic rings. The fourth-order valence-corrected chi connectivity index (χ4v) is 3.00. The van der Waals surface area contributed by atoms with Crippen molar-refractivity contribution in [1.82, 2.24) is 5.32 Å². The van der Waals surface area contributed by atoms with Gasteiger partial charge in [0.05, 0.1) is 6.61 Å². The molecule has 2 N–H and O–H groups in total. The van der Waals surface area contributed by atoms with Gasteiger partial charge in [-0.3, -0.25) is 4.79 Å². The van der Waals surface area contributed by atoms with Crippen molar-refractivity contribution in [2.75, 3.05) is 29.9 Å². The Kier molecular flexibility index (Phi) is 5.90. The monoisotopic (exact) mass is 371 g/mol. The number of halogens is 1. The molecule has 0 saturated carbocycles. The molecule has 1 aliphatic rings. The fourth-order valence-electron chi connectivity index (χ4n) is 3.00. The SMILES string of the molecule is CCOc1ccc(N2CC(CNC(=O)Nc3ccc(F)cc3)CC2=O)cc1. The summed E-state index contributed by atoms with van der Waals surface area (Å²) >= 11 is 0. The Hall–Kier alpha value is -3.09. The Balaban J connectivity index is 1.50. The maximum atomic E-state index is 12.9. The van der Waals surface area contributed by atoms with Gasteiger partial charge in [-0.25, -0.2) is 9.18 Å². The van der Waals surface area contributed by atoms with Crippen molar-refractivity contribution in [2.45, 2.75) is 13.3 Å². The van der Waals surface area contributed by atoms with Gasteiger partial charge in [0.25, 0.3) is 0 Å². The van der Waals surface area contributed by atoms with Crippen LogP contribution >= 0.6 is 0 Å². The molecule has 3 amide bonds. The Bertz CT molecular complexity index is 793. The molecule has 3 rings (SSSR count). The standard InChI is InChI=1S/C20H22FN3O3/c1-2-27-18-9-7-17(8-10-18)24-13-14(11-19(24)25)12-22-20(26)23-16-5-3-15(21)4-6-16/h3-10,14H,2,11-13H2,1H3,(H2,22,23,26). The van der Waals surface area contributed by atoms with E-state index in [9.17, 15) is 14.0 Å². The normalized spacial score (nSPS) is 16.3. The third-order valence-electron chi connectivity index (χ3n) is 4.32. The van der Waals surface area contributed by atoms with E-state index in [1.165, 1.54) is 24.3 Å². The van der Waals surface area contributed by atoms with E-state index in [0.29, 0.717) is 31.8 Å².